The Morgan fingerprint density at radius 3 is 2.00 bits per heavy atom. The van der Waals surface area contributed by atoms with E-state index in [4.69, 9.17) is 14.9 Å². The van der Waals surface area contributed by atoms with Crippen LogP contribution in [0.3, 0.4) is 0 Å². The SMILES string of the molecule is O=C(O)[C@H](O)c1ccc(-c2ccc(OCCO)cc2)cc1. The van der Waals surface area contributed by atoms with Crippen molar-refractivity contribution in [2.75, 3.05) is 13.2 Å². The van der Waals surface area contributed by atoms with Gasteiger partial charge in [-0.05, 0) is 28.8 Å². The fraction of sp³-hybridized carbons (Fsp3) is 0.188. The Morgan fingerprint density at radius 2 is 1.52 bits per heavy atom. The highest BCUT2D eigenvalue weighted by molar-refractivity contribution is 5.74. The van der Waals surface area contributed by atoms with E-state index in [-0.39, 0.29) is 13.2 Å². The Hall–Kier alpha value is -2.37. The molecule has 0 saturated carbocycles. The summed E-state index contributed by atoms with van der Waals surface area (Å²) in [4.78, 5) is 10.7. The minimum absolute atomic E-state index is 0.0326. The van der Waals surface area contributed by atoms with Gasteiger partial charge in [0.05, 0.1) is 6.61 Å². The number of carboxylic acids is 1. The van der Waals surface area contributed by atoms with E-state index in [9.17, 15) is 9.90 Å². The molecule has 3 N–H and O–H groups in total. The molecule has 2 aromatic carbocycles. The van der Waals surface area contributed by atoms with Gasteiger partial charge in [0.25, 0.3) is 0 Å². The summed E-state index contributed by atoms with van der Waals surface area (Å²) in [5.74, 6) is -0.598. The van der Waals surface area contributed by atoms with Gasteiger partial charge in [0.2, 0.25) is 0 Å². The first-order valence-corrected chi connectivity index (χ1v) is 6.47. The van der Waals surface area contributed by atoms with Gasteiger partial charge >= 0.3 is 5.97 Å². The number of ether oxygens (including phenoxy) is 1. The van der Waals surface area contributed by atoms with E-state index in [1.165, 1.54) is 0 Å². The Bertz CT molecular complexity index is 589. The summed E-state index contributed by atoms with van der Waals surface area (Å²) >= 11 is 0. The van der Waals surface area contributed by atoms with Crippen LogP contribution in [0.4, 0.5) is 0 Å². The molecule has 0 saturated heterocycles. The minimum atomic E-state index is -1.51. The number of rotatable bonds is 6. The van der Waals surface area contributed by atoms with Crippen molar-refractivity contribution >= 4 is 5.97 Å². The summed E-state index contributed by atoms with van der Waals surface area (Å²) in [6.07, 6.45) is -1.51. The number of aliphatic hydroxyl groups excluding tert-OH is 2. The van der Waals surface area contributed by atoms with E-state index in [1.54, 1.807) is 36.4 Å². The molecule has 0 bridgehead atoms. The second-order valence-electron chi connectivity index (χ2n) is 4.46. The third-order valence-corrected chi connectivity index (χ3v) is 3.01. The van der Waals surface area contributed by atoms with Crippen LogP contribution in [0.1, 0.15) is 11.7 Å². The molecule has 0 aromatic heterocycles. The lowest BCUT2D eigenvalue weighted by Crippen LogP contribution is -2.10. The summed E-state index contributed by atoms with van der Waals surface area (Å²) < 4.78 is 5.27. The number of benzene rings is 2. The molecule has 1 atom stereocenters. The predicted molar refractivity (Wildman–Crippen MR) is 77.1 cm³/mol. The number of aliphatic hydroxyl groups is 2. The van der Waals surface area contributed by atoms with Crippen LogP contribution in [-0.4, -0.2) is 34.5 Å². The third kappa shape index (κ3) is 3.81. The van der Waals surface area contributed by atoms with Crippen LogP contribution >= 0.6 is 0 Å². The largest absolute Gasteiger partial charge is 0.491 e. The second-order valence-corrected chi connectivity index (χ2v) is 4.46. The lowest BCUT2D eigenvalue weighted by atomic mass is 10.0. The number of hydrogen-bond donors (Lipinski definition) is 3. The highest BCUT2D eigenvalue weighted by Gasteiger charge is 2.15. The molecule has 0 aliphatic rings. The Morgan fingerprint density at radius 1 is 1.00 bits per heavy atom. The van der Waals surface area contributed by atoms with Crippen LogP contribution in [0.25, 0.3) is 11.1 Å². The van der Waals surface area contributed by atoms with Crippen LogP contribution in [0.5, 0.6) is 5.75 Å². The maximum Gasteiger partial charge on any atom is 0.337 e. The molecule has 5 heteroatoms. The Labute approximate surface area is 122 Å². The monoisotopic (exact) mass is 288 g/mol. The number of hydrogen-bond acceptors (Lipinski definition) is 4. The van der Waals surface area contributed by atoms with Crippen molar-refractivity contribution in [3.8, 4) is 16.9 Å². The zero-order valence-electron chi connectivity index (χ0n) is 11.3. The fourth-order valence-electron chi connectivity index (χ4n) is 1.91. The molecule has 0 aliphatic heterocycles. The van der Waals surface area contributed by atoms with Crippen LogP contribution in [0.2, 0.25) is 0 Å². The maximum atomic E-state index is 10.7. The predicted octanol–water partition coefficient (Wildman–Crippen LogP) is 1.84. The van der Waals surface area contributed by atoms with E-state index >= 15 is 0 Å². The molecule has 2 rings (SSSR count). The van der Waals surface area contributed by atoms with Crippen molar-refractivity contribution in [1.29, 1.82) is 0 Å². The van der Waals surface area contributed by atoms with E-state index in [1.807, 2.05) is 12.1 Å². The van der Waals surface area contributed by atoms with Crippen LogP contribution < -0.4 is 4.74 Å². The molecule has 2 aromatic rings. The van der Waals surface area contributed by atoms with E-state index in [0.29, 0.717) is 11.3 Å². The first-order valence-electron chi connectivity index (χ1n) is 6.47. The van der Waals surface area contributed by atoms with Gasteiger partial charge in [-0.2, -0.15) is 0 Å². The Kier molecular flexibility index (Phi) is 4.92. The molecule has 21 heavy (non-hydrogen) atoms. The van der Waals surface area contributed by atoms with Crippen molar-refractivity contribution < 1.29 is 24.9 Å². The molecule has 5 nitrogen and oxygen atoms in total. The molecular formula is C16H16O5. The molecule has 0 spiro atoms. The lowest BCUT2D eigenvalue weighted by molar-refractivity contribution is -0.146. The minimum Gasteiger partial charge on any atom is -0.491 e. The van der Waals surface area contributed by atoms with Gasteiger partial charge in [-0.25, -0.2) is 4.79 Å². The normalized spacial score (nSPS) is 11.9. The molecule has 0 radical (unpaired) electrons. The summed E-state index contributed by atoms with van der Waals surface area (Å²) in [5, 5.41) is 26.9. The van der Waals surface area contributed by atoms with Gasteiger partial charge in [0, 0.05) is 0 Å². The third-order valence-electron chi connectivity index (χ3n) is 3.01. The standard InChI is InChI=1S/C16H16O5/c17-9-10-21-14-7-5-12(6-8-14)11-1-3-13(4-2-11)15(18)16(19)20/h1-8,15,17-18H,9-10H2,(H,19,20)/t15-/m1/s1. The quantitative estimate of drug-likeness (QED) is 0.755. The first kappa shape index (κ1) is 15.0. The van der Waals surface area contributed by atoms with Gasteiger partial charge in [0.15, 0.2) is 6.10 Å². The smallest absolute Gasteiger partial charge is 0.337 e. The highest BCUT2D eigenvalue weighted by Crippen LogP contribution is 2.24. The molecule has 110 valence electrons. The fourth-order valence-corrected chi connectivity index (χ4v) is 1.91. The van der Waals surface area contributed by atoms with Crippen molar-refractivity contribution in [1.82, 2.24) is 0 Å². The molecule has 0 unspecified atom stereocenters. The summed E-state index contributed by atoms with van der Waals surface area (Å²) in [6, 6.07) is 14.0. The summed E-state index contributed by atoms with van der Waals surface area (Å²) in [5.41, 5.74) is 2.20. The van der Waals surface area contributed by atoms with Crippen LogP contribution in [0.15, 0.2) is 48.5 Å². The lowest BCUT2D eigenvalue weighted by Gasteiger charge is -2.08. The van der Waals surface area contributed by atoms with Crippen molar-refractivity contribution in [3.63, 3.8) is 0 Å². The number of aliphatic carboxylic acids is 1. The molecule has 0 fully saturated rings. The Balaban J connectivity index is 2.13. The maximum absolute atomic E-state index is 10.7. The van der Waals surface area contributed by atoms with Gasteiger partial charge in [-0.1, -0.05) is 36.4 Å². The highest BCUT2D eigenvalue weighted by atomic mass is 16.5. The van der Waals surface area contributed by atoms with Crippen molar-refractivity contribution in [2.24, 2.45) is 0 Å². The first-order chi connectivity index (χ1) is 10.1. The van der Waals surface area contributed by atoms with E-state index in [2.05, 4.69) is 0 Å². The van der Waals surface area contributed by atoms with Gasteiger partial charge in [-0.3, -0.25) is 0 Å². The second kappa shape index (κ2) is 6.88. The molecule has 0 amide bonds. The van der Waals surface area contributed by atoms with Crippen molar-refractivity contribution in [3.05, 3.63) is 54.1 Å². The van der Waals surface area contributed by atoms with Crippen LogP contribution in [0, 0.1) is 0 Å². The van der Waals surface area contributed by atoms with Gasteiger partial charge in [-0.15, -0.1) is 0 Å². The van der Waals surface area contributed by atoms with E-state index < -0.39 is 12.1 Å². The summed E-state index contributed by atoms with van der Waals surface area (Å²) in [7, 11) is 0. The number of carboxylic acid groups (broad SMARTS) is 1. The topological polar surface area (TPSA) is 87.0 Å². The van der Waals surface area contributed by atoms with Gasteiger partial charge < -0.3 is 20.1 Å². The zero-order valence-corrected chi connectivity index (χ0v) is 11.3. The summed E-state index contributed by atoms with van der Waals surface area (Å²) in [6.45, 7) is 0.218. The van der Waals surface area contributed by atoms with Crippen molar-refractivity contribution in [2.45, 2.75) is 6.10 Å². The number of carbonyl (C=O) groups is 1. The van der Waals surface area contributed by atoms with E-state index in [0.717, 1.165) is 11.1 Å². The average Bonchev–Trinajstić information content (AvgIpc) is 2.53. The zero-order chi connectivity index (χ0) is 15.2. The molecular weight excluding hydrogens is 272 g/mol. The van der Waals surface area contributed by atoms with Gasteiger partial charge in [0.1, 0.15) is 12.4 Å². The molecule has 0 aliphatic carbocycles. The molecule has 0 heterocycles. The average molecular weight is 288 g/mol. The van der Waals surface area contributed by atoms with Crippen LogP contribution in [-0.2, 0) is 4.79 Å².